The van der Waals surface area contributed by atoms with Gasteiger partial charge >= 0.3 is 0 Å². The fraction of sp³-hybridized carbons (Fsp3) is 0.647. The van der Waals surface area contributed by atoms with Gasteiger partial charge in [-0.3, -0.25) is 0 Å². The Morgan fingerprint density at radius 3 is 2.10 bits per heavy atom. The van der Waals surface area contributed by atoms with Crippen LogP contribution in [0.4, 0.5) is 8.78 Å². The zero-order valence-corrected chi connectivity index (χ0v) is 13.3. The Morgan fingerprint density at radius 2 is 1.62 bits per heavy atom. The lowest BCUT2D eigenvalue weighted by Crippen LogP contribution is -2.31. The third-order valence-corrected chi connectivity index (χ3v) is 4.11. The maximum Gasteiger partial charge on any atom is 0.126 e. The largest absolute Gasteiger partial charge is 0.388 e. The molecular weight excluding hydrogens is 272 g/mol. The van der Waals surface area contributed by atoms with E-state index in [0.717, 1.165) is 38.5 Å². The Labute approximate surface area is 126 Å². The first kappa shape index (κ1) is 18.1. The van der Waals surface area contributed by atoms with E-state index in [9.17, 15) is 13.9 Å². The lowest BCUT2D eigenvalue weighted by molar-refractivity contribution is 0.135. The van der Waals surface area contributed by atoms with Crippen molar-refractivity contribution in [2.45, 2.75) is 46.1 Å². The molecule has 1 aromatic carbocycles. The van der Waals surface area contributed by atoms with Crippen molar-refractivity contribution in [2.75, 3.05) is 19.6 Å². The molecule has 0 spiro atoms. The van der Waals surface area contributed by atoms with Gasteiger partial charge < -0.3 is 10.0 Å². The Bertz CT molecular complexity index is 401. The average molecular weight is 299 g/mol. The smallest absolute Gasteiger partial charge is 0.126 e. The maximum atomic E-state index is 13.2. The molecule has 0 fully saturated rings. The number of hydrogen-bond donors (Lipinski definition) is 1. The van der Waals surface area contributed by atoms with Crippen molar-refractivity contribution in [2.24, 2.45) is 5.92 Å². The Balaban J connectivity index is 2.55. The second-order valence-electron chi connectivity index (χ2n) is 5.58. The summed E-state index contributed by atoms with van der Waals surface area (Å²) in [7, 11) is 0. The molecular formula is C17H27F2NO. The molecule has 1 rings (SSSR count). The molecule has 2 nitrogen and oxygen atoms in total. The number of aliphatic hydroxyl groups is 1. The molecule has 0 aliphatic carbocycles. The van der Waals surface area contributed by atoms with E-state index in [-0.39, 0.29) is 0 Å². The summed E-state index contributed by atoms with van der Waals surface area (Å²) in [6.07, 6.45) is 1.94. The molecule has 0 saturated carbocycles. The molecule has 4 heteroatoms. The predicted molar refractivity (Wildman–Crippen MR) is 82.1 cm³/mol. The lowest BCUT2D eigenvalue weighted by Gasteiger charge is -2.26. The van der Waals surface area contributed by atoms with Crippen LogP contribution in [-0.4, -0.2) is 29.6 Å². The normalized spacial score (nSPS) is 13.1. The summed E-state index contributed by atoms with van der Waals surface area (Å²) in [4.78, 5) is 2.29. The van der Waals surface area contributed by atoms with Gasteiger partial charge in [0.15, 0.2) is 0 Å². The van der Waals surface area contributed by atoms with Gasteiger partial charge in [0.2, 0.25) is 0 Å². The van der Waals surface area contributed by atoms with Gasteiger partial charge in [0, 0.05) is 19.2 Å². The molecule has 0 bridgehead atoms. The monoisotopic (exact) mass is 299 g/mol. The van der Waals surface area contributed by atoms with Gasteiger partial charge in [-0.1, -0.05) is 33.6 Å². The van der Waals surface area contributed by atoms with E-state index in [0.29, 0.717) is 17.9 Å². The number of aliphatic hydroxyl groups excluding tert-OH is 1. The van der Waals surface area contributed by atoms with Crippen LogP contribution in [0, 0.1) is 17.6 Å². The van der Waals surface area contributed by atoms with Crippen LogP contribution in [0.3, 0.4) is 0 Å². The zero-order chi connectivity index (χ0) is 15.8. The highest BCUT2D eigenvalue weighted by molar-refractivity contribution is 5.20. The van der Waals surface area contributed by atoms with Gasteiger partial charge in [-0.15, -0.1) is 0 Å². The summed E-state index contributed by atoms with van der Waals surface area (Å²) < 4.78 is 26.3. The second kappa shape index (κ2) is 9.11. The number of hydrogen-bond acceptors (Lipinski definition) is 2. The highest BCUT2D eigenvalue weighted by Crippen LogP contribution is 2.20. The van der Waals surface area contributed by atoms with Gasteiger partial charge in [0.25, 0.3) is 0 Å². The number of halogens is 2. The molecule has 1 N–H and O–H groups in total. The molecule has 1 unspecified atom stereocenters. The molecule has 1 aromatic rings. The predicted octanol–water partition coefficient (Wildman–Crippen LogP) is 4.15. The molecule has 1 atom stereocenters. The topological polar surface area (TPSA) is 23.5 Å². The van der Waals surface area contributed by atoms with E-state index in [2.05, 4.69) is 25.7 Å². The fourth-order valence-corrected chi connectivity index (χ4v) is 2.53. The molecule has 21 heavy (non-hydrogen) atoms. The third-order valence-electron chi connectivity index (χ3n) is 4.11. The minimum absolute atomic E-state index is 0.311. The molecule has 0 amide bonds. The van der Waals surface area contributed by atoms with E-state index in [1.165, 1.54) is 12.1 Å². The van der Waals surface area contributed by atoms with E-state index in [4.69, 9.17) is 0 Å². The van der Waals surface area contributed by atoms with Crippen LogP contribution < -0.4 is 0 Å². The van der Waals surface area contributed by atoms with Gasteiger partial charge in [0.1, 0.15) is 11.6 Å². The van der Waals surface area contributed by atoms with Crippen LogP contribution in [0.15, 0.2) is 18.2 Å². The fourth-order valence-electron chi connectivity index (χ4n) is 2.53. The van der Waals surface area contributed by atoms with Crippen molar-refractivity contribution in [1.82, 2.24) is 4.90 Å². The molecule has 0 aromatic heterocycles. The Morgan fingerprint density at radius 1 is 1.05 bits per heavy atom. The first-order valence-corrected chi connectivity index (χ1v) is 7.86. The van der Waals surface area contributed by atoms with Crippen molar-refractivity contribution in [3.8, 4) is 0 Å². The number of benzene rings is 1. The summed E-state index contributed by atoms with van der Waals surface area (Å²) in [6.45, 7) is 9.12. The van der Waals surface area contributed by atoms with Crippen LogP contribution in [0.25, 0.3) is 0 Å². The first-order valence-electron chi connectivity index (χ1n) is 7.86. The van der Waals surface area contributed by atoms with Gasteiger partial charge in [-0.05, 0) is 36.6 Å². The molecule has 0 aliphatic heterocycles. The molecule has 0 heterocycles. The summed E-state index contributed by atoms with van der Waals surface area (Å²) in [5.41, 5.74) is 0.311. The SMILES string of the molecule is CCC(CC)CN(CC)CCC(O)c1cc(F)cc(F)c1. The van der Waals surface area contributed by atoms with Gasteiger partial charge in [-0.25, -0.2) is 8.78 Å². The number of nitrogens with zero attached hydrogens (tertiary/aromatic N) is 1. The standard InChI is InChI=1S/C17H27F2NO/c1-4-13(5-2)12-20(6-3)8-7-17(21)14-9-15(18)11-16(19)10-14/h9-11,13,17,21H,4-8,12H2,1-3H3. The van der Waals surface area contributed by atoms with E-state index in [1.807, 2.05) is 0 Å². The van der Waals surface area contributed by atoms with Crippen LogP contribution in [0.2, 0.25) is 0 Å². The third kappa shape index (κ3) is 6.10. The number of rotatable bonds is 9. The van der Waals surface area contributed by atoms with E-state index < -0.39 is 17.7 Å². The van der Waals surface area contributed by atoms with Crippen molar-refractivity contribution in [1.29, 1.82) is 0 Å². The second-order valence-corrected chi connectivity index (χ2v) is 5.58. The van der Waals surface area contributed by atoms with Crippen molar-refractivity contribution in [3.05, 3.63) is 35.4 Å². The highest BCUT2D eigenvalue weighted by Gasteiger charge is 2.14. The Hall–Kier alpha value is -1.00. The average Bonchev–Trinajstić information content (AvgIpc) is 2.46. The zero-order valence-electron chi connectivity index (χ0n) is 13.3. The summed E-state index contributed by atoms with van der Waals surface area (Å²) in [6, 6.07) is 3.22. The molecule has 0 saturated heterocycles. The lowest BCUT2D eigenvalue weighted by atomic mass is 10.0. The van der Waals surface area contributed by atoms with Crippen LogP contribution in [0.5, 0.6) is 0 Å². The van der Waals surface area contributed by atoms with Crippen LogP contribution in [-0.2, 0) is 0 Å². The van der Waals surface area contributed by atoms with E-state index >= 15 is 0 Å². The van der Waals surface area contributed by atoms with Crippen molar-refractivity contribution >= 4 is 0 Å². The van der Waals surface area contributed by atoms with Crippen LogP contribution >= 0.6 is 0 Å². The van der Waals surface area contributed by atoms with Gasteiger partial charge in [-0.2, -0.15) is 0 Å². The van der Waals surface area contributed by atoms with Crippen molar-refractivity contribution < 1.29 is 13.9 Å². The van der Waals surface area contributed by atoms with Crippen LogP contribution in [0.1, 0.15) is 51.7 Å². The molecule has 120 valence electrons. The summed E-state index contributed by atoms with van der Waals surface area (Å²) >= 11 is 0. The highest BCUT2D eigenvalue weighted by atomic mass is 19.1. The maximum absolute atomic E-state index is 13.2. The molecule has 0 aliphatic rings. The first-order chi connectivity index (χ1) is 9.99. The van der Waals surface area contributed by atoms with Gasteiger partial charge in [0.05, 0.1) is 6.10 Å². The van der Waals surface area contributed by atoms with E-state index in [1.54, 1.807) is 0 Å². The summed E-state index contributed by atoms with van der Waals surface area (Å²) in [5, 5.41) is 10.1. The summed E-state index contributed by atoms with van der Waals surface area (Å²) in [5.74, 6) is -0.629. The Kier molecular flexibility index (Phi) is 7.83. The minimum atomic E-state index is -0.828. The van der Waals surface area contributed by atoms with Crippen molar-refractivity contribution in [3.63, 3.8) is 0 Å². The minimum Gasteiger partial charge on any atom is -0.388 e. The molecule has 0 radical (unpaired) electrons. The quantitative estimate of drug-likeness (QED) is 0.740.